The molecule has 1 aromatic heterocycles. The van der Waals surface area contributed by atoms with E-state index in [4.69, 9.17) is 11.6 Å². The minimum atomic E-state index is -2.90. The van der Waals surface area contributed by atoms with Crippen LogP contribution < -0.4 is 10.9 Å². The third-order valence-corrected chi connectivity index (χ3v) is 5.91. The molecular formula is C27H21ClF3N3O2. The molecule has 9 heteroatoms. The number of carbonyl (C=O) groups is 1. The fourth-order valence-corrected chi connectivity index (χ4v) is 3.92. The number of nitrogens with zero attached hydrogens (tertiary/aromatic N) is 2. The highest BCUT2D eigenvalue weighted by Gasteiger charge is 2.28. The number of carbonyl (C=O) groups excluding carboxylic acids is 1. The van der Waals surface area contributed by atoms with Crippen molar-refractivity contribution in [3.63, 3.8) is 0 Å². The highest BCUT2D eigenvalue weighted by molar-refractivity contribution is 6.32. The molecule has 0 fully saturated rings. The minimum absolute atomic E-state index is 0.0164. The number of benzene rings is 3. The molecule has 3 aromatic carbocycles. The molecule has 0 spiro atoms. The van der Waals surface area contributed by atoms with Gasteiger partial charge in [0.25, 0.3) is 11.5 Å². The van der Waals surface area contributed by atoms with Crippen molar-refractivity contribution < 1.29 is 18.0 Å². The molecule has 0 saturated heterocycles. The molecule has 0 unspecified atom stereocenters. The first kappa shape index (κ1) is 25.2. The zero-order valence-electron chi connectivity index (χ0n) is 19.1. The van der Waals surface area contributed by atoms with E-state index in [1.807, 2.05) is 0 Å². The second kappa shape index (κ2) is 10.4. The summed E-state index contributed by atoms with van der Waals surface area (Å²) in [4.78, 5) is 29.4. The Bertz CT molecular complexity index is 1450. The van der Waals surface area contributed by atoms with Gasteiger partial charge in [0.2, 0.25) is 5.91 Å². The van der Waals surface area contributed by atoms with Gasteiger partial charge < -0.3 is 5.32 Å². The third-order valence-electron chi connectivity index (χ3n) is 5.61. The minimum Gasteiger partial charge on any atom is -0.326 e. The van der Waals surface area contributed by atoms with Crippen LogP contribution in [0.3, 0.4) is 0 Å². The molecule has 5 nitrogen and oxygen atoms in total. The SMILES string of the molecule is CCC(F)(F)c1ccc(CC(=O)Nc2ccc(-c3nccc(=O)n3-c3ccc(F)cc3Cl)cc2)cc1. The quantitative estimate of drug-likeness (QED) is 0.313. The van der Waals surface area contributed by atoms with Crippen molar-refractivity contribution in [1.29, 1.82) is 0 Å². The average Bonchev–Trinajstić information content (AvgIpc) is 2.85. The van der Waals surface area contributed by atoms with Crippen molar-refractivity contribution in [3.05, 3.63) is 111 Å². The second-order valence-electron chi connectivity index (χ2n) is 8.10. The summed E-state index contributed by atoms with van der Waals surface area (Å²) in [7, 11) is 0. The lowest BCUT2D eigenvalue weighted by Crippen LogP contribution is -2.20. The van der Waals surface area contributed by atoms with Crippen LogP contribution in [0.5, 0.6) is 0 Å². The summed E-state index contributed by atoms with van der Waals surface area (Å²) in [6.07, 6.45) is 1.08. The first-order chi connectivity index (χ1) is 17.2. The Balaban J connectivity index is 1.51. The Morgan fingerprint density at radius 1 is 1.03 bits per heavy atom. The predicted molar refractivity (Wildman–Crippen MR) is 133 cm³/mol. The van der Waals surface area contributed by atoms with E-state index in [-0.39, 0.29) is 40.8 Å². The van der Waals surface area contributed by atoms with Gasteiger partial charge in [0.1, 0.15) is 11.6 Å². The molecular weight excluding hydrogens is 491 g/mol. The number of rotatable bonds is 7. The monoisotopic (exact) mass is 511 g/mol. The molecule has 0 aliphatic rings. The molecule has 0 bridgehead atoms. The van der Waals surface area contributed by atoms with Gasteiger partial charge in [0, 0.05) is 35.5 Å². The van der Waals surface area contributed by atoms with Gasteiger partial charge >= 0.3 is 0 Å². The lowest BCUT2D eigenvalue weighted by molar-refractivity contribution is -0.115. The maximum atomic E-state index is 13.8. The zero-order valence-corrected chi connectivity index (χ0v) is 19.9. The van der Waals surface area contributed by atoms with Crippen LogP contribution in [0.4, 0.5) is 18.9 Å². The Hall–Kier alpha value is -3.91. The van der Waals surface area contributed by atoms with Gasteiger partial charge in [-0.3, -0.25) is 14.2 Å². The van der Waals surface area contributed by atoms with Gasteiger partial charge in [-0.2, -0.15) is 0 Å². The normalized spacial score (nSPS) is 11.4. The Morgan fingerprint density at radius 2 is 1.72 bits per heavy atom. The number of halogens is 4. The standard InChI is InChI=1S/C27H21ClF3N3O2/c1-2-27(30,31)19-7-3-17(4-8-19)15-24(35)33-21-10-5-18(6-11-21)26-32-14-13-25(36)34(26)23-12-9-20(29)16-22(23)28/h3-14,16H,2,15H2,1H3,(H,33,35). The Morgan fingerprint density at radius 3 is 2.36 bits per heavy atom. The number of aromatic nitrogens is 2. The van der Waals surface area contributed by atoms with Gasteiger partial charge in [-0.25, -0.2) is 18.2 Å². The maximum Gasteiger partial charge on any atom is 0.273 e. The highest BCUT2D eigenvalue weighted by Crippen LogP contribution is 2.31. The van der Waals surface area contributed by atoms with Crippen molar-refractivity contribution in [2.75, 3.05) is 5.32 Å². The molecule has 0 aliphatic heterocycles. The predicted octanol–water partition coefficient (Wildman–Crippen LogP) is 6.38. The van der Waals surface area contributed by atoms with E-state index in [2.05, 4.69) is 10.3 Å². The topological polar surface area (TPSA) is 64.0 Å². The van der Waals surface area contributed by atoms with Crippen molar-refractivity contribution in [1.82, 2.24) is 9.55 Å². The first-order valence-corrected chi connectivity index (χ1v) is 11.5. The van der Waals surface area contributed by atoms with Gasteiger partial charge in [-0.15, -0.1) is 0 Å². The van der Waals surface area contributed by atoms with Gasteiger partial charge in [-0.1, -0.05) is 42.8 Å². The van der Waals surface area contributed by atoms with Crippen molar-refractivity contribution in [2.24, 2.45) is 0 Å². The van der Waals surface area contributed by atoms with Gasteiger partial charge in [-0.05, 0) is 48.0 Å². The lowest BCUT2D eigenvalue weighted by Gasteiger charge is -2.15. The molecule has 184 valence electrons. The summed E-state index contributed by atoms with van der Waals surface area (Å²) in [5.74, 6) is -3.45. The number of anilines is 1. The smallest absolute Gasteiger partial charge is 0.273 e. The first-order valence-electron chi connectivity index (χ1n) is 11.1. The molecule has 0 saturated carbocycles. The number of alkyl halides is 2. The van der Waals surface area contributed by atoms with E-state index < -0.39 is 17.3 Å². The second-order valence-corrected chi connectivity index (χ2v) is 8.50. The summed E-state index contributed by atoms with van der Waals surface area (Å²) < 4.78 is 42.3. The van der Waals surface area contributed by atoms with Crippen molar-refractivity contribution in [3.8, 4) is 17.1 Å². The fourth-order valence-electron chi connectivity index (χ4n) is 3.67. The van der Waals surface area contributed by atoms with E-state index in [1.165, 1.54) is 60.2 Å². The van der Waals surface area contributed by atoms with Crippen LogP contribution in [-0.2, 0) is 17.1 Å². The summed E-state index contributed by atoms with van der Waals surface area (Å²) in [6, 6.07) is 17.3. The molecule has 1 heterocycles. The fraction of sp³-hybridized carbons (Fsp3) is 0.148. The lowest BCUT2D eigenvalue weighted by atomic mass is 10.0. The molecule has 0 atom stereocenters. The molecule has 36 heavy (non-hydrogen) atoms. The zero-order chi connectivity index (χ0) is 25.9. The number of nitrogens with one attached hydrogen (secondary N) is 1. The van der Waals surface area contributed by atoms with Crippen LogP contribution in [0.25, 0.3) is 17.1 Å². The summed E-state index contributed by atoms with van der Waals surface area (Å²) >= 11 is 6.17. The third kappa shape index (κ3) is 5.49. The van der Waals surface area contributed by atoms with Crippen molar-refractivity contribution in [2.45, 2.75) is 25.7 Å². The van der Waals surface area contributed by atoms with E-state index in [0.717, 1.165) is 6.07 Å². The van der Waals surface area contributed by atoms with E-state index in [1.54, 1.807) is 24.3 Å². The molecule has 4 aromatic rings. The van der Waals surface area contributed by atoms with Crippen molar-refractivity contribution >= 4 is 23.2 Å². The molecule has 0 aliphatic carbocycles. The van der Waals surface area contributed by atoms with Crippen LogP contribution in [0.1, 0.15) is 24.5 Å². The van der Waals surface area contributed by atoms with E-state index >= 15 is 0 Å². The van der Waals surface area contributed by atoms with Crippen LogP contribution in [0.2, 0.25) is 5.02 Å². The molecule has 1 amide bonds. The number of hydrogen-bond donors (Lipinski definition) is 1. The van der Waals surface area contributed by atoms with Gasteiger partial charge in [0.15, 0.2) is 0 Å². The number of hydrogen-bond acceptors (Lipinski definition) is 3. The van der Waals surface area contributed by atoms with Crippen LogP contribution >= 0.6 is 11.6 Å². The summed E-state index contributed by atoms with van der Waals surface area (Å²) in [6.45, 7) is 1.41. The Labute approximate surface area is 210 Å². The van der Waals surface area contributed by atoms with Gasteiger partial charge in [0.05, 0.1) is 17.1 Å². The average molecular weight is 512 g/mol. The highest BCUT2D eigenvalue weighted by atomic mass is 35.5. The van der Waals surface area contributed by atoms with Crippen LogP contribution in [0.15, 0.2) is 83.8 Å². The van der Waals surface area contributed by atoms with E-state index in [9.17, 15) is 22.8 Å². The Kier molecular flexibility index (Phi) is 7.26. The molecule has 1 N–H and O–H groups in total. The summed E-state index contributed by atoms with van der Waals surface area (Å²) in [5.41, 5.74) is 1.48. The van der Waals surface area contributed by atoms with Crippen LogP contribution in [-0.4, -0.2) is 15.5 Å². The van der Waals surface area contributed by atoms with Crippen LogP contribution in [0, 0.1) is 5.82 Å². The maximum absolute atomic E-state index is 13.8. The van der Waals surface area contributed by atoms with E-state index in [0.29, 0.717) is 16.8 Å². The molecule has 4 rings (SSSR count). The largest absolute Gasteiger partial charge is 0.326 e. The summed E-state index contributed by atoms with van der Waals surface area (Å²) in [5, 5.41) is 2.82. The molecule has 0 radical (unpaired) electrons. The number of amides is 1.